The lowest BCUT2D eigenvalue weighted by Crippen LogP contribution is -2.50. The molecule has 10 heteroatoms. The molecule has 4 amide bonds. The second-order valence-electron chi connectivity index (χ2n) is 9.20. The molecule has 1 heterocycles. The molecular weight excluding hydrogens is 616 g/mol. The Labute approximate surface area is 239 Å². The molecule has 0 aliphatic carbocycles. The van der Waals surface area contributed by atoms with Gasteiger partial charge in [-0.15, -0.1) is 0 Å². The number of amides is 4. The summed E-state index contributed by atoms with van der Waals surface area (Å²) in [5.74, 6) is -1.86. The van der Waals surface area contributed by atoms with Crippen molar-refractivity contribution >= 4 is 46.1 Å². The second-order valence-corrected chi connectivity index (χ2v) is 10.4. The molecule has 3 aromatic rings. The third kappa shape index (κ3) is 6.74. The predicted molar refractivity (Wildman–Crippen MR) is 153 cm³/mol. The van der Waals surface area contributed by atoms with Crippen molar-refractivity contribution in [1.82, 2.24) is 10.2 Å². The van der Waals surface area contributed by atoms with Crippen LogP contribution in [-0.4, -0.2) is 47.1 Å². The lowest BCUT2D eigenvalue weighted by molar-refractivity contribution is -0.134. The highest BCUT2D eigenvalue weighted by molar-refractivity contribution is 14.1. The number of aliphatic hydroxyl groups is 1. The van der Waals surface area contributed by atoms with Crippen LogP contribution in [-0.2, 0) is 9.59 Å². The third-order valence-corrected chi connectivity index (χ3v) is 7.21. The van der Waals surface area contributed by atoms with Gasteiger partial charge in [-0.1, -0.05) is 49.4 Å². The fourth-order valence-corrected chi connectivity index (χ4v) is 4.90. The van der Waals surface area contributed by atoms with E-state index < -0.39 is 41.7 Å². The first-order valence-electron chi connectivity index (χ1n) is 12.6. The van der Waals surface area contributed by atoms with Crippen molar-refractivity contribution in [2.24, 2.45) is 0 Å². The van der Waals surface area contributed by atoms with E-state index in [1.165, 1.54) is 12.1 Å². The van der Waals surface area contributed by atoms with E-state index in [1.54, 1.807) is 37.3 Å². The first kappa shape index (κ1) is 28.5. The van der Waals surface area contributed by atoms with E-state index in [-0.39, 0.29) is 12.3 Å². The van der Waals surface area contributed by atoms with E-state index in [0.29, 0.717) is 34.3 Å². The minimum atomic E-state index is -1.24. The van der Waals surface area contributed by atoms with Crippen LogP contribution in [0.1, 0.15) is 42.9 Å². The minimum Gasteiger partial charge on any atom is -0.494 e. The number of carbonyl (C=O) groups excluding carboxylic acids is 3. The van der Waals surface area contributed by atoms with Gasteiger partial charge < -0.3 is 20.5 Å². The molecule has 1 fully saturated rings. The molecule has 3 aromatic carbocycles. The fraction of sp³-hybridized carbons (Fsp3) is 0.276. The summed E-state index contributed by atoms with van der Waals surface area (Å²) in [5.41, 5.74) is 1.24. The zero-order chi connectivity index (χ0) is 27.9. The van der Waals surface area contributed by atoms with Crippen molar-refractivity contribution in [2.75, 3.05) is 18.5 Å². The largest absolute Gasteiger partial charge is 0.494 e. The average molecular weight is 645 g/mol. The highest BCUT2D eigenvalue weighted by atomic mass is 127. The zero-order valence-electron chi connectivity index (χ0n) is 21.3. The molecule has 204 valence electrons. The quantitative estimate of drug-likeness (QED) is 0.155. The highest BCUT2D eigenvalue weighted by Crippen LogP contribution is 2.32. The molecule has 0 bridgehead atoms. The van der Waals surface area contributed by atoms with Gasteiger partial charge in [-0.3, -0.25) is 9.59 Å². The van der Waals surface area contributed by atoms with Gasteiger partial charge in [0.1, 0.15) is 23.7 Å². The number of carbonyl (C=O) groups is 3. The summed E-state index contributed by atoms with van der Waals surface area (Å²) in [5, 5.41) is 14.2. The predicted octanol–water partition coefficient (Wildman–Crippen LogP) is 4.99. The van der Waals surface area contributed by atoms with Crippen LogP contribution >= 0.6 is 22.6 Å². The van der Waals surface area contributed by atoms with Crippen LogP contribution in [0.15, 0.2) is 72.8 Å². The van der Waals surface area contributed by atoms with Gasteiger partial charge in [-0.05, 0) is 76.9 Å². The molecule has 0 radical (unpaired) electrons. The van der Waals surface area contributed by atoms with Crippen LogP contribution in [0.3, 0.4) is 0 Å². The Morgan fingerprint density at radius 3 is 2.49 bits per heavy atom. The van der Waals surface area contributed by atoms with Crippen molar-refractivity contribution in [3.63, 3.8) is 0 Å². The number of anilines is 1. The van der Waals surface area contributed by atoms with E-state index in [4.69, 9.17) is 9.84 Å². The molecule has 8 nitrogen and oxygen atoms in total. The number of halogens is 2. The van der Waals surface area contributed by atoms with Crippen LogP contribution < -0.4 is 15.4 Å². The van der Waals surface area contributed by atoms with E-state index in [9.17, 15) is 18.8 Å². The first-order chi connectivity index (χ1) is 18.8. The summed E-state index contributed by atoms with van der Waals surface area (Å²) in [6.07, 6.45) is 1.35. The van der Waals surface area contributed by atoms with Gasteiger partial charge in [0.05, 0.1) is 12.3 Å². The Kier molecular flexibility index (Phi) is 9.52. The molecule has 3 N–H and O–H groups in total. The number of benzene rings is 3. The van der Waals surface area contributed by atoms with Crippen molar-refractivity contribution in [3.8, 4) is 5.75 Å². The summed E-state index contributed by atoms with van der Waals surface area (Å²) in [7, 11) is 0. The fourth-order valence-electron chi connectivity index (χ4n) is 4.45. The molecule has 0 aromatic heterocycles. The van der Waals surface area contributed by atoms with Gasteiger partial charge in [0.2, 0.25) is 5.91 Å². The van der Waals surface area contributed by atoms with E-state index in [2.05, 4.69) is 10.6 Å². The standard InChI is InChI=1S/C29H29FIN3O5/c1-18(19-7-3-2-4-8-19)26(27(36)32-24-14-11-21(31)17-23(24)30)34-28(37)25(33-29(34)38)20-9-12-22(13-10-20)39-16-6-5-15-35/h2-4,7-14,17-18,25-26,35H,5-6,15-16H2,1H3,(H,32,36)(H,33,38)/t18-,25?,26-/m0/s1. The monoisotopic (exact) mass is 645 g/mol. The smallest absolute Gasteiger partial charge is 0.325 e. The van der Waals surface area contributed by atoms with E-state index in [1.807, 2.05) is 52.9 Å². The molecule has 1 unspecified atom stereocenters. The first-order valence-corrected chi connectivity index (χ1v) is 13.7. The van der Waals surface area contributed by atoms with Crippen molar-refractivity contribution in [2.45, 2.75) is 37.8 Å². The molecule has 0 spiro atoms. The maximum absolute atomic E-state index is 14.6. The Morgan fingerprint density at radius 1 is 1.10 bits per heavy atom. The molecular formula is C29H29FIN3O5. The number of hydrogen-bond acceptors (Lipinski definition) is 5. The number of rotatable bonds is 11. The van der Waals surface area contributed by atoms with Crippen molar-refractivity contribution < 1.29 is 28.6 Å². The molecule has 1 aliphatic heterocycles. The Hall–Kier alpha value is -3.51. The summed E-state index contributed by atoms with van der Waals surface area (Å²) >= 11 is 1.97. The van der Waals surface area contributed by atoms with Crippen LogP contribution in [0.5, 0.6) is 5.75 Å². The Bertz CT molecular complexity index is 1320. The van der Waals surface area contributed by atoms with E-state index >= 15 is 0 Å². The van der Waals surface area contributed by atoms with Gasteiger partial charge in [-0.25, -0.2) is 14.1 Å². The number of unbranched alkanes of at least 4 members (excludes halogenated alkanes) is 1. The SMILES string of the molecule is C[C@@H](c1ccccc1)[C@@H](C(=O)Nc1ccc(I)cc1F)N1C(=O)NC(c2ccc(OCCCCO)cc2)C1=O. The number of nitrogens with one attached hydrogen (secondary N) is 2. The van der Waals surface area contributed by atoms with Gasteiger partial charge in [0.25, 0.3) is 5.91 Å². The topological polar surface area (TPSA) is 108 Å². The number of ether oxygens (including phenoxy) is 1. The third-order valence-electron chi connectivity index (χ3n) is 6.54. The maximum atomic E-state index is 14.6. The number of urea groups is 1. The molecule has 0 saturated carbocycles. The zero-order valence-corrected chi connectivity index (χ0v) is 23.4. The van der Waals surface area contributed by atoms with Crippen LogP contribution in [0.25, 0.3) is 0 Å². The molecule has 4 rings (SSSR count). The van der Waals surface area contributed by atoms with Gasteiger partial charge >= 0.3 is 6.03 Å². The lowest BCUT2D eigenvalue weighted by atomic mass is 9.91. The van der Waals surface area contributed by atoms with Crippen LogP contribution in [0.4, 0.5) is 14.9 Å². The maximum Gasteiger partial charge on any atom is 0.325 e. The highest BCUT2D eigenvalue weighted by Gasteiger charge is 2.47. The second kappa shape index (κ2) is 13.0. The number of nitrogens with zero attached hydrogens (tertiary/aromatic N) is 1. The van der Waals surface area contributed by atoms with Gasteiger partial charge in [0, 0.05) is 16.1 Å². The van der Waals surface area contributed by atoms with E-state index in [0.717, 1.165) is 10.5 Å². The van der Waals surface area contributed by atoms with Crippen molar-refractivity contribution in [3.05, 3.63) is 93.3 Å². The molecule has 1 saturated heterocycles. The molecule has 3 atom stereocenters. The molecule has 39 heavy (non-hydrogen) atoms. The summed E-state index contributed by atoms with van der Waals surface area (Å²) in [4.78, 5) is 41.3. The summed E-state index contributed by atoms with van der Waals surface area (Å²) in [6, 6.07) is 17.3. The van der Waals surface area contributed by atoms with Crippen LogP contribution in [0, 0.1) is 9.39 Å². The van der Waals surface area contributed by atoms with Crippen LogP contribution in [0.2, 0.25) is 0 Å². The summed E-state index contributed by atoms with van der Waals surface area (Å²) in [6.45, 7) is 2.30. The minimum absolute atomic E-state index is 0.0381. The number of imide groups is 1. The molecule has 1 aliphatic rings. The summed E-state index contributed by atoms with van der Waals surface area (Å²) < 4.78 is 20.9. The van der Waals surface area contributed by atoms with Crippen molar-refractivity contribution in [1.29, 1.82) is 0 Å². The normalized spacial score (nSPS) is 16.5. The average Bonchev–Trinajstić information content (AvgIpc) is 3.22. The van der Waals surface area contributed by atoms with Gasteiger partial charge in [0.15, 0.2) is 0 Å². The Morgan fingerprint density at radius 2 is 1.82 bits per heavy atom. The van der Waals surface area contributed by atoms with Gasteiger partial charge in [-0.2, -0.15) is 0 Å². The number of hydrogen-bond donors (Lipinski definition) is 3. The number of aliphatic hydroxyl groups excluding tert-OH is 1. The Balaban J connectivity index is 1.59. The lowest BCUT2D eigenvalue weighted by Gasteiger charge is -2.30.